The molecule has 0 radical (unpaired) electrons. The molecule has 13 aromatic rings. The second-order valence-electron chi connectivity index (χ2n) is 15.9. The Morgan fingerprint density at radius 2 is 0.633 bits per heavy atom. The Morgan fingerprint density at radius 1 is 0.233 bits per heavy atom. The average Bonchev–Trinajstić information content (AvgIpc) is 3.87. The summed E-state index contributed by atoms with van der Waals surface area (Å²) in [6.45, 7) is 0. The monoisotopic (exact) mass is 778 g/mol. The van der Waals surface area contributed by atoms with Crippen LogP contribution in [-0.2, 0) is 0 Å². The van der Waals surface area contributed by atoms with Crippen molar-refractivity contribution in [2.75, 3.05) is 0 Å². The van der Waals surface area contributed by atoms with E-state index in [0.717, 1.165) is 27.5 Å². The van der Waals surface area contributed by atoms with Gasteiger partial charge in [0.2, 0.25) is 0 Å². The van der Waals surface area contributed by atoms with Crippen LogP contribution >= 0.6 is 11.3 Å². The summed E-state index contributed by atoms with van der Waals surface area (Å²) in [7, 11) is 0. The highest BCUT2D eigenvalue weighted by Gasteiger charge is 2.21. The van der Waals surface area contributed by atoms with Gasteiger partial charge in [-0.15, -0.1) is 11.3 Å². The third kappa shape index (κ3) is 4.92. The third-order valence-electron chi connectivity index (χ3n) is 12.6. The molecule has 1 nitrogen and oxygen atoms in total. The quantitative estimate of drug-likeness (QED) is 0.162. The van der Waals surface area contributed by atoms with Crippen LogP contribution in [0.2, 0.25) is 0 Å². The van der Waals surface area contributed by atoms with E-state index in [-0.39, 0.29) is 0 Å². The van der Waals surface area contributed by atoms with E-state index in [1.54, 1.807) is 0 Å². The molecule has 2 heteroatoms. The van der Waals surface area contributed by atoms with Crippen LogP contribution in [0, 0.1) is 0 Å². The summed E-state index contributed by atoms with van der Waals surface area (Å²) >= 11 is 1.87. The number of hydrogen-bond donors (Lipinski definition) is 0. The fourth-order valence-electron chi connectivity index (χ4n) is 10.1. The van der Waals surface area contributed by atoms with Gasteiger partial charge in [0.05, 0.1) is 0 Å². The zero-order chi connectivity index (χ0) is 39.3. The second-order valence-corrected chi connectivity index (χ2v) is 17.0. The molecule has 278 valence electrons. The lowest BCUT2D eigenvalue weighted by molar-refractivity contribution is 0.669. The normalized spacial score (nSPS) is 12.0. The molecule has 0 fully saturated rings. The van der Waals surface area contributed by atoms with Crippen molar-refractivity contribution < 1.29 is 4.42 Å². The minimum Gasteiger partial charge on any atom is -0.456 e. The molecule has 0 saturated carbocycles. The van der Waals surface area contributed by atoms with Gasteiger partial charge in [-0.2, -0.15) is 0 Å². The Balaban J connectivity index is 0.995. The zero-order valence-electron chi connectivity index (χ0n) is 32.4. The lowest BCUT2D eigenvalue weighted by Crippen LogP contribution is -1.90. The summed E-state index contributed by atoms with van der Waals surface area (Å²) in [5.74, 6) is 0. The second kappa shape index (κ2) is 13.0. The van der Waals surface area contributed by atoms with E-state index in [2.05, 4.69) is 206 Å². The van der Waals surface area contributed by atoms with Crippen LogP contribution in [0.4, 0.5) is 0 Å². The lowest BCUT2D eigenvalue weighted by Gasteiger charge is -2.18. The van der Waals surface area contributed by atoms with Gasteiger partial charge in [-0.05, 0) is 124 Å². The largest absolute Gasteiger partial charge is 0.456 e. The van der Waals surface area contributed by atoms with Crippen molar-refractivity contribution in [1.82, 2.24) is 0 Å². The number of hydrogen-bond acceptors (Lipinski definition) is 2. The van der Waals surface area contributed by atoms with Crippen molar-refractivity contribution in [3.63, 3.8) is 0 Å². The molecule has 2 heterocycles. The van der Waals surface area contributed by atoms with E-state index in [0.29, 0.717) is 0 Å². The Kier molecular flexibility index (Phi) is 7.24. The average molecular weight is 779 g/mol. The van der Waals surface area contributed by atoms with E-state index in [1.165, 1.54) is 102 Å². The van der Waals surface area contributed by atoms with Gasteiger partial charge in [0, 0.05) is 30.9 Å². The van der Waals surface area contributed by atoms with Crippen molar-refractivity contribution in [3.05, 3.63) is 206 Å². The van der Waals surface area contributed by atoms with Gasteiger partial charge in [-0.3, -0.25) is 0 Å². The van der Waals surface area contributed by atoms with E-state index in [9.17, 15) is 0 Å². The summed E-state index contributed by atoms with van der Waals surface area (Å²) < 4.78 is 9.38. The lowest BCUT2D eigenvalue weighted by atomic mass is 9.85. The first kappa shape index (κ1) is 33.5. The third-order valence-corrected chi connectivity index (χ3v) is 13.8. The van der Waals surface area contributed by atoms with Crippen LogP contribution in [0.25, 0.3) is 130 Å². The molecule has 0 amide bonds. The number of rotatable bonds is 4. The van der Waals surface area contributed by atoms with Gasteiger partial charge in [0.1, 0.15) is 11.2 Å². The first-order valence-electron chi connectivity index (χ1n) is 20.6. The molecular formula is C58H34OS. The van der Waals surface area contributed by atoms with Crippen molar-refractivity contribution >= 4 is 96.5 Å². The van der Waals surface area contributed by atoms with Crippen molar-refractivity contribution in [1.29, 1.82) is 0 Å². The Labute approximate surface area is 350 Å². The summed E-state index contributed by atoms with van der Waals surface area (Å²) in [4.78, 5) is 0. The molecule has 0 bridgehead atoms. The number of thiophene rings is 1. The fourth-order valence-corrected chi connectivity index (χ4v) is 11.2. The van der Waals surface area contributed by atoms with Crippen molar-refractivity contribution in [2.24, 2.45) is 0 Å². The minimum absolute atomic E-state index is 0.890. The van der Waals surface area contributed by atoms with Crippen LogP contribution in [0.3, 0.4) is 0 Å². The molecule has 0 N–H and O–H groups in total. The molecule has 60 heavy (non-hydrogen) atoms. The van der Waals surface area contributed by atoms with Gasteiger partial charge in [0.25, 0.3) is 0 Å². The molecule has 0 atom stereocenters. The van der Waals surface area contributed by atoms with Crippen LogP contribution in [0.1, 0.15) is 0 Å². The Hall–Kier alpha value is -7.52. The predicted molar refractivity (Wildman–Crippen MR) is 258 cm³/mol. The highest BCUT2D eigenvalue weighted by Crippen LogP contribution is 2.48. The highest BCUT2D eigenvalue weighted by molar-refractivity contribution is 7.25. The van der Waals surface area contributed by atoms with Crippen LogP contribution < -0.4 is 0 Å². The predicted octanol–water partition coefficient (Wildman–Crippen LogP) is 17.2. The Bertz CT molecular complexity index is 3770. The van der Waals surface area contributed by atoms with E-state index < -0.39 is 0 Å². The molecular weight excluding hydrogens is 745 g/mol. The highest BCUT2D eigenvalue weighted by atomic mass is 32.1. The first-order valence-corrected chi connectivity index (χ1v) is 21.4. The van der Waals surface area contributed by atoms with Gasteiger partial charge < -0.3 is 4.42 Å². The molecule has 0 aliphatic rings. The van der Waals surface area contributed by atoms with Crippen molar-refractivity contribution in [2.45, 2.75) is 0 Å². The smallest absolute Gasteiger partial charge is 0.136 e. The summed E-state index contributed by atoms with van der Waals surface area (Å²) in [6.07, 6.45) is 0. The molecule has 0 saturated heterocycles. The number of benzene rings is 11. The zero-order valence-corrected chi connectivity index (χ0v) is 33.3. The molecule has 0 spiro atoms. The summed E-state index contributed by atoms with van der Waals surface area (Å²) in [5, 5.41) is 14.9. The summed E-state index contributed by atoms with van der Waals surface area (Å²) in [5.41, 5.74) is 11.6. The minimum atomic E-state index is 0.890. The fraction of sp³-hybridized carbons (Fsp3) is 0. The van der Waals surface area contributed by atoms with E-state index in [4.69, 9.17) is 4.42 Å². The van der Waals surface area contributed by atoms with Gasteiger partial charge in [0.15, 0.2) is 0 Å². The number of fused-ring (bicyclic) bond motifs is 10. The standard InChI is InChI=1S/C58H34OS/c1-2-14-35(15-3-1)55-42-17-4-6-19-44(42)57(45-20-7-5-18-43(45)55)37-26-29-39-50-32-36(28-31-51(50)59-52(39)33-37)56-46-21-8-10-23-48(46)58(49-24-11-9-22-47(49)56)38-27-30-41-40-16-12-13-25-53(40)60-54(41)34-38/h1-34H. The van der Waals surface area contributed by atoms with Crippen molar-refractivity contribution in [3.8, 4) is 44.5 Å². The molecule has 11 aromatic carbocycles. The Morgan fingerprint density at radius 3 is 1.18 bits per heavy atom. The number of furan rings is 1. The SMILES string of the molecule is c1ccc(-c2c3ccccc3c(-c3ccc4c(c3)oc3ccc(-c5c6ccccc6c(-c6ccc7c(c6)sc6ccccc67)c6ccccc56)cc34)c3ccccc23)cc1. The van der Waals surface area contributed by atoms with Crippen LogP contribution in [-0.4, -0.2) is 0 Å². The molecule has 0 aliphatic carbocycles. The first-order chi connectivity index (χ1) is 29.8. The van der Waals surface area contributed by atoms with Gasteiger partial charge in [-0.1, -0.05) is 170 Å². The topological polar surface area (TPSA) is 13.1 Å². The summed E-state index contributed by atoms with van der Waals surface area (Å²) in [6, 6.07) is 75.6. The van der Waals surface area contributed by atoms with E-state index >= 15 is 0 Å². The molecule has 0 unspecified atom stereocenters. The maximum absolute atomic E-state index is 6.73. The molecule has 2 aromatic heterocycles. The van der Waals surface area contributed by atoms with Crippen LogP contribution in [0.5, 0.6) is 0 Å². The van der Waals surface area contributed by atoms with Crippen LogP contribution in [0.15, 0.2) is 211 Å². The molecule has 0 aliphatic heterocycles. The van der Waals surface area contributed by atoms with Gasteiger partial charge >= 0.3 is 0 Å². The maximum Gasteiger partial charge on any atom is 0.136 e. The molecule has 13 rings (SSSR count). The van der Waals surface area contributed by atoms with Gasteiger partial charge in [-0.25, -0.2) is 0 Å². The van der Waals surface area contributed by atoms with E-state index in [1.807, 2.05) is 11.3 Å². The maximum atomic E-state index is 6.73.